The molecular formula is C24H38O9. The number of methoxy groups -OCH3 is 1. The fourth-order valence-electron chi connectivity index (χ4n) is 6.46. The molecule has 4 rings (SSSR count). The average Bonchev–Trinajstić information content (AvgIpc) is 3.63. The number of epoxide rings is 2. The van der Waals surface area contributed by atoms with Crippen molar-refractivity contribution in [2.45, 2.75) is 114 Å². The van der Waals surface area contributed by atoms with E-state index in [-0.39, 0.29) is 43.5 Å². The molecule has 4 fully saturated rings. The van der Waals surface area contributed by atoms with Gasteiger partial charge < -0.3 is 33.9 Å². The lowest BCUT2D eigenvalue weighted by Gasteiger charge is -2.61. The molecule has 4 aliphatic rings. The summed E-state index contributed by atoms with van der Waals surface area (Å²) in [6.45, 7) is 9.89. The molecule has 0 amide bonds. The zero-order chi connectivity index (χ0) is 24.4. The van der Waals surface area contributed by atoms with E-state index in [1.54, 1.807) is 6.92 Å². The number of ether oxygens (including phenoxy) is 5. The Kier molecular flexibility index (Phi) is 6.14. The highest BCUT2D eigenvalue weighted by atomic mass is 16.7. The lowest BCUT2D eigenvalue weighted by atomic mass is 9.56. The molecule has 0 aromatic carbocycles. The number of aliphatic hydroxyl groups is 1. The van der Waals surface area contributed by atoms with Crippen LogP contribution in [-0.4, -0.2) is 82.7 Å². The van der Waals surface area contributed by atoms with Crippen molar-refractivity contribution in [1.29, 1.82) is 0 Å². The number of aliphatic carboxylic acids is 1. The fourth-order valence-corrected chi connectivity index (χ4v) is 6.46. The predicted molar refractivity (Wildman–Crippen MR) is 116 cm³/mol. The standard InChI is InChI=1S/C24H38O9/c1-7-8-14(4)24-19(33-24)18-23(32-18,13(2)3)20(30-17(28)10-9-16(26)27)22(24)11-15(31-22)21(5,12-25)29-6/h13-15,18-20,25H,7-12H2,1-6H3,(H,26,27)/t14?,15-,18+,19+,20+,21?,22-,23+,24+/m1/s1. The van der Waals surface area contributed by atoms with Gasteiger partial charge in [0, 0.05) is 13.5 Å². The van der Waals surface area contributed by atoms with Gasteiger partial charge in [-0.25, -0.2) is 0 Å². The lowest BCUT2D eigenvalue weighted by Crippen LogP contribution is -2.78. The van der Waals surface area contributed by atoms with Crippen LogP contribution >= 0.6 is 0 Å². The Hall–Kier alpha value is -1.26. The van der Waals surface area contributed by atoms with Crippen molar-refractivity contribution in [3.63, 3.8) is 0 Å². The fraction of sp³-hybridized carbons (Fsp3) is 0.917. The van der Waals surface area contributed by atoms with Crippen molar-refractivity contribution in [3.8, 4) is 0 Å². The molecule has 0 radical (unpaired) electrons. The second-order valence-electron chi connectivity index (χ2n) is 10.7. The summed E-state index contributed by atoms with van der Waals surface area (Å²) in [7, 11) is 1.54. The molecule has 9 nitrogen and oxygen atoms in total. The van der Waals surface area contributed by atoms with Gasteiger partial charge in [0.15, 0.2) is 6.10 Å². The van der Waals surface area contributed by atoms with Gasteiger partial charge in [0.2, 0.25) is 0 Å². The first-order valence-electron chi connectivity index (χ1n) is 12.1. The number of carbonyl (C=O) groups excluding carboxylic acids is 1. The molecule has 33 heavy (non-hydrogen) atoms. The monoisotopic (exact) mass is 470 g/mol. The quantitative estimate of drug-likeness (QED) is 0.344. The molecule has 3 aliphatic heterocycles. The molecule has 0 bridgehead atoms. The molecule has 1 saturated carbocycles. The van der Waals surface area contributed by atoms with E-state index in [1.165, 1.54) is 7.11 Å². The summed E-state index contributed by atoms with van der Waals surface area (Å²) in [5.41, 5.74) is -3.28. The predicted octanol–water partition coefficient (Wildman–Crippen LogP) is 2.07. The van der Waals surface area contributed by atoms with Crippen LogP contribution in [0.25, 0.3) is 0 Å². The Morgan fingerprint density at radius 1 is 1.15 bits per heavy atom. The van der Waals surface area contributed by atoms with Crippen LogP contribution in [0.2, 0.25) is 0 Å². The molecule has 188 valence electrons. The van der Waals surface area contributed by atoms with E-state index < -0.39 is 46.6 Å². The highest BCUT2D eigenvalue weighted by Gasteiger charge is 2.94. The van der Waals surface area contributed by atoms with Gasteiger partial charge in [0.05, 0.1) is 25.6 Å². The van der Waals surface area contributed by atoms with Crippen LogP contribution in [0.15, 0.2) is 0 Å². The van der Waals surface area contributed by atoms with Crippen molar-refractivity contribution in [2.75, 3.05) is 13.7 Å². The van der Waals surface area contributed by atoms with Gasteiger partial charge >= 0.3 is 11.9 Å². The van der Waals surface area contributed by atoms with Crippen LogP contribution < -0.4 is 0 Å². The highest BCUT2D eigenvalue weighted by molar-refractivity contribution is 5.77. The first-order valence-corrected chi connectivity index (χ1v) is 12.1. The molecule has 0 aromatic rings. The van der Waals surface area contributed by atoms with Crippen LogP contribution in [-0.2, 0) is 33.3 Å². The third-order valence-electron chi connectivity index (χ3n) is 8.63. The van der Waals surface area contributed by atoms with Gasteiger partial charge in [-0.15, -0.1) is 0 Å². The Morgan fingerprint density at radius 2 is 1.82 bits per heavy atom. The molecule has 1 aliphatic carbocycles. The smallest absolute Gasteiger partial charge is 0.306 e. The number of esters is 1. The topological polar surface area (TPSA) is 127 Å². The summed E-state index contributed by atoms with van der Waals surface area (Å²) in [4.78, 5) is 23.8. The second kappa shape index (κ2) is 8.16. The van der Waals surface area contributed by atoms with E-state index in [0.29, 0.717) is 6.42 Å². The zero-order valence-electron chi connectivity index (χ0n) is 20.5. The first-order chi connectivity index (χ1) is 15.5. The first kappa shape index (κ1) is 24.9. The van der Waals surface area contributed by atoms with Crippen LogP contribution in [0, 0.1) is 11.8 Å². The van der Waals surface area contributed by atoms with E-state index in [4.69, 9.17) is 28.8 Å². The number of hydrogen-bond acceptors (Lipinski definition) is 8. The normalized spacial score (nSPS) is 43.2. The molecule has 2 unspecified atom stereocenters. The number of hydrogen-bond donors (Lipinski definition) is 2. The second-order valence-corrected chi connectivity index (χ2v) is 10.7. The average molecular weight is 471 g/mol. The maximum absolute atomic E-state index is 12.8. The van der Waals surface area contributed by atoms with E-state index in [2.05, 4.69) is 13.8 Å². The lowest BCUT2D eigenvalue weighted by molar-refractivity contribution is -0.340. The minimum Gasteiger partial charge on any atom is -0.481 e. The van der Waals surface area contributed by atoms with E-state index in [0.717, 1.165) is 12.8 Å². The SMILES string of the molecule is CCCC(C)[C@]12O[C@H]1[C@@H]1O[C@]1(C(C)C)[C@@H](OC(=O)CCC(=O)O)[C@]21C[C@H](C(C)(CO)OC)O1. The summed E-state index contributed by atoms with van der Waals surface area (Å²) in [5, 5.41) is 19.0. The summed E-state index contributed by atoms with van der Waals surface area (Å²) in [5.74, 6) is -1.49. The molecule has 3 heterocycles. The van der Waals surface area contributed by atoms with E-state index >= 15 is 0 Å². The van der Waals surface area contributed by atoms with Crippen LogP contribution in [0.3, 0.4) is 0 Å². The Labute approximate surface area is 195 Å². The molecule has 9 heteroatoms. The van der Waals surface area contributed by atoms with E-state index in [9.17, 15) is 14.7 Å². The molecule has 2 N–H and O–H groups in total. The molecule has 0 aromatic heterocycles. The van der Waals surface area contributed by atoms with Crippen molar-refractivity contribution in [3.05, 3.63) is 0 Å². The Morgan fingerprint density at radius 3 is 2.33 bits per heavy atom. The number of fused-ring (bicyclic) bond motifs is 4. The van der Waals surface area contributed by atoms with Crippen molar-refractivity contribution < 1.29 is 43.5 Å². The summed E-state index contributed by atoms with van der Waals surface area (Å²) in [6, 6.07) is 0. The van der Waals surface area contributed by atoms with Crippen LogP contribution in [0.5, 0.6) is 0 Å². The minimum atomic E-state index is -1.05. The van der Waals surface area contributed by atoms with Gasteiger partial charge in [0.1, 0.15) is 34.6 Å². The number of carbonyl (C=O) groups is 2. The summed E-state index contributed by atoms with van der Waals surface area (Å²) in [6.07, 6.45) is 0.317. The van der Waals surface area contributed by atoms with Crippen molar-refractivity contribution in [1.82, 2.24) is 0 Å². The van der Waals surface area contributed by atoms with Crippen molar-refractivity contribution >= 4 is 11.9 Å². The van der Waals surface area contributed by atoms with Gasteiger partial charge in [-0.2, -0.15) is 0 Å². The maximum atomic E-state index is 12.8. The summed E-state index contributed by atoms with van der Waals surface area (Å²) >= 11 is 0. The number of carboxylic acid groups (broad SMARTS) is 1. The zero-order valence-corrected chi connectivity index (χ0v) is 20.5. The van der Waals surface area contributed by atoms with Crippen LogP contribution in [0.4, 0.5) is 0 Å². The number of rotatable bonds is 11. The number of aliphatic hydroxyl groups excluding tert-OH is 1. The minimum absolute atomic E-state index is 0.0228. The molecule has 9 atom stereocenters. The van der Waals surface area contributed by atoms with Crippen molar-refractivity contribution in [2.24, 2.45) is 11.8 Å². The number of carboxylic acids is 1. The third kappa shape index (κ3) is 3.30. The molecule has 3 saturated heterocycles. The Balaban J connectivity index is 1.72. The molecule has 1 spiro atoms. The van der Waals surface area contributed by atoms with Gasteiger partial charge in [-0.05, 0) is 25.2 Å². The van der Waals surface area contributed by atoms with Gasteiger partial charge in [-0.1, -0.05) is 34.1 Å². The largest absolute Gasteiger partial charge is 0.481 e. The highest BCUT2D eigenvalue weighted by Crippen LogP contribution is 2.74. The third-order valence-corrected chi connectivity index (χ3v) is 8.63. The maximum Gasteiger partial charge on any atom is 0.306 e. The van der Waals surface area contributed by atoms with Crippen LogP contribution in [0.1, 0.15) is 66.7 Å². The van der Waals surface area contributed by atoms with E-state index in [1.807, 2.05) is 13.8 Å². The van der Waals surface area contributed by atoms with Gasteiger partial charge in [0.25, 0.3) is 0 Å². The summed E-state index contributed by atoms with van der Waals surface area (Å²) < 4.78 is 31.1. The van der Waals surface area contributed by atoms with Gasteiger partial charge in [-0.3, -0.25) is 9.59 Å². The molecular weight excluding hydrogens is 432 g/mol. The Bertz CT molecular complexity index is 787.